The molecule has 1 N–H and O–H groups in total. The van der Waals surface area contributed by atoms with Gasteiger partial charge in [0.1, 0.15) is 0 Å². The van der Waals surface area contributed by atoms with Gasteiger partial charge in [-0.3, -0.25) is 0 Å². The molecule has 0 aliphatic carbocycles. The van der Waals surface area contributed by atoms with E-state index in [2.05, 4.69) is 17.5 Å². The van der Waals surface area contributed by atoms with Crippen molar-refractivity contribution in [2.75, 3.05) is 18.6 Å². The summed E-state index contributed by atoms with van der Waals surface area (Å²) in [6.07, 6.45) is 7.36. The minimum atomic E-state index is -0.143. The number of terminal acetylenes is 1. The highest BCUT2D eigenvalue weighted by Gasteiger charge is 2.10. The van der Waals surface area contributed by atoms with Gasteiger partial charge in [-0.1, -0.05) is 5.92 Å². The summed E-state index contributed by atoms with van der Waals surface area (Å²) in [6.45, 7) is 5.00. The van der Waals surface area contributed by atoms with Gasteiger partial charge in [0.25, 0.3) is 0 Å². The predicted octanol–water partition coefficient (Wildman–Crippen LogP) is 1.35. The van der Waals surface area contributed by atoms with Gasteiger partial charge < -0.3 is 5.32 Å². The van der Waals surface area contributed by atoms with Crippen molar-refractivity contribution >= 4 is 11.8 Å². The Morgan fingerprint density at radius 3 is 2.60 bits per heavy atom. The third kappa shape index (κ3) is 4.72. The lowest BCUT2D eigenvalue weighted by Gasteiger charge is -2.18. The number of rotatable bonds is 4. The standard InChI is InChI=1S/C8H15NS/c1-5-8(2,3)9-6-7-10-4/h1,9H,6-7H2,2-4H3. The lowest BCUT2D eigenvalue weighted by molar-refractivity contribution is 0.512. The highest BCUT2D eigenvalue weighted by Crippen LogP contribution is 1.98. The monoisotopic (exact) mass is 157 g/mol. The second-order valence-corrected chi connectivity index (χ2v) is 3.67. The summed E-state index contributed by atoms with van der Waals surface area (Å²) < 4.78 is 0. The fourth-order valence-corrected chi connectivity index (χ4v) is 0.823. The molecule has 0 saturated carbocycles. The maximum atomic E-state index is 5.27. The van der Waals surface area contributed by atoms with Crippen LogP contribution in [0.15, 0.2) is 0 Å². The molecule has 10 heavy (non-hydrogen) atoms. The fourth-order valence-electron chi connectivity index (χ4n) is 0.517. The van der Waals surface area contributed by atoms with Crippen LogP contribution < -0.4 is 5.32 Å². The first-order valence-electron chi connectivity index (χ1n) is 3.34. The van der Waals surface area contributed by atoms with E-state index in [1.54, 1.807) is 0 Å². The molecule has 0 aromatic rings. The summed E-state index contributed by atoms with van der Waals surface area (Å²) in [5, 5.41) is 3.25. The molecule has 0 aliphatic rings. The quantitative estimate of drug-likeness (QED) is 0.488. The van der Waals surface area contributed by atoms with Crippen molar-refractivity contribution in [1.29, 1.82) is 0 Å². The van der Waals surface area contributed by atoms with Crippen molar-refractivity contribution in [3.63, 3.8) is 0 Å². The van der Waals surface area contributed by atoms with E-state index < -0.39 is 0 Å². The molecule has 0 saturated heterocycles. The van der Waals surface area contributed by atoms with Crippen LogP contribution in [0.2, 0.25) is 0 Å². The summed E-state index contributed by atoms with van der Waals surface area (Å²) in [6, 6.07) is 0. The van der Waals surface area contributed by atoms with Crippen LogP contribution in [0.25, 0.3) is 0 Å². The molecule has 0 heterocycles. The van der Waals surface area contributed by atoms with Gasteiger partial charge in [0.15, 0.2) is 0 Å². The van der Waals surface area contributed by atoms with Crippen LogP contribution in [-0.2, 0) is 0 Å². The van der Waals surface area contributed by atoms with E-state index in [9.17, 15) is 0 Å². The first-order valence-corrected chi connectivity index (χ1v) is 4.73. The van der Waals surface area contributed by atoms with Crippen LogP contribution in [0.5, 0.6) is 0 Å². The molecule has 0 unspecified atom stereocenters. The number of nitrogens with one attached hydrogen (secondary N) is 1. The molecular weight excluding hydrogens is 142 g/mol. The maximum absolute atomic E-state index is 5.27. The summed E-state index contributed by atoms with van der Waals surface area (Å²) >= 11 is 1.82. The van der Waals surface area contributed by atoms with E-state index in [-0.39, 0.29) is 5.54 Å². The van der Waals surface area contributed by atoms with E-state index in [1.807, 2.05) is 25.6 Å². The summed E-state index contributed by atoms with van der Waals surface area (Å²) in [5.74, 6) is 3.80. The SMILES string of the molecule is C#CC(C)(C)NCCSC. The van der Waals surface area contributed by atoms with Crippen LogP contribution in [0.4, 0.5) is 0 Å². The molecule has 0 aromatic heterocycles. The van der Waals surface area contributed by atoms with E-state index in [0.29, 0.717) is 0 Å². The first-order chi connectivity index (χ1) is 4.62. The Morgan fingerprint density at radius 2 is 2.20 bits per heavy atom. The molecule has 0 bridgehead atoms. The number of hydrogen-bond donors (Lipinski definition) is 1. The summed E-state index contributed by atoms with van der Waals surface area (Å²) in [5.41, 5.74) is -0.143. The summed E-state index contributed by atoms with van der Waals surface area (Å²) in [7, 11) is 0. The van der Waals surface area contributed by atoms with E-state index in [1.165, 1.54) is 0 Å². The zero-order valence-corrected chi connectivity index (χ0v) is 7.72. The molecule has 0 atom stereocenters. The minimum Gasteiger partial charge on any atom is -0.301 e. The lowest BCUT2D eigenvalue weighted by Crippen LogP contribution is -2.38. The van der Waals surface area contributed by atoms with Crippen LogP contribution in [0.1, 0.15) is 13.8 Å². The molecule has 58 valence electrons. The van der Waals surface area contributed by atoms with Crippen molar-refractivity contribution in [1.82, 2.24) is 5.32 Å². The normalized spacial score (nSPS) is 11.0. The predicted molar refractivity (Wildman–Crippen MR) is 49.3 cm³/mol. The fraction of sp³-hybridized carbons (Fsp3) is 0.750. The Hall–Kier alpha value is -0.130. The second-order valence-electron chi connectivity index (χ2n) is 2.69. The van der Waals surface area contributed by atoms with E-state index in [0.717, 1.165) is 12.3 Å². The molecule has 0 spiro atoms. The number of thioether (sulfide) groups is 1. The molecule has 0 aliphatic heterocycles. The van der Waals surface area contributed by atoms with Crippen molar-refractivity contribution < 1.29 is 0 Å². The minimum absolute atomic E-state index is 0.143. The van der Waals surface area contributed by atoms with Gasteiger partial charge in [-0.25, -0.2) is 0 Å². The van der Waals surface area contributed by atoms with Crippen LogP contribution in [0, 0.1) is 12.3 Å². The van der Waals surface area contributed by atoms with Crippen LogP contribution in [0.3, 0.4) is 0 Å². The van der Waals surface area contributed by atoms with Gasteiger partial charge in [0, 0.05) is 12.3 Å². The molecule has 0 rings (SSSR count). The first kappa shape index (κ1) is 9.87. The topological polar surface area (TPSA) is 12.0 Å². The third-order valence-corrected chi connectivity index (χ3v) is 1.85. The average molecular weight is 157 g/mol. The van der Waals surface area contributed by atoms with Crippen LogP contribution >= 0.6 is 11.8 Å². The third-order valence-electron chi connectivity index (χ3n) is 1.23. The van der Waals surface area contributed by atoms with Gasteiger partial charge in [0.05, 0.1) is 5.54 Å². The Kier molecular flexibility index (Phi) is 4.59. The van der Waals surface area contributed by atoms with E-state index in [4.69, 9.17) is 6.42 Å². The Bertz CT molecular complexity index is 124. The average Bonchev–Trinajstić information content (AvgIpc) is 1.89. The van der Waals surface area contributed by atoms with Crippen LogP contribution in [-0.4, -0.2) is 24.1 Å². The van der Waals surface area contributed by atoms with Gasteiger partial charge in [0.2, 0.25) is 0 Å². The zero-order valence-electron chi connectivity index (χ0n) is 6.90. The van der Waals surface area contributed by atoms with Crippen molar-refractivity contribution in [3.05, 3.63) is 0 Å². The molecule has 0 aromatic carbocycles. The molecular formula is C8H15NS. The molecule has 0 fully saturated rings. The zero-order chi connectivity index (χ0) is 8.04. The second kappa shape index (κ2) is 4.65. The van der Waals surface area contributed by atoms with Gasteiger partial charge in [-0.05, 0) is 20.1 Å². The lowest BCUT2D eigenvalue weighted by atomic mass is 10.1. The highest BCUT2D eigenvalue weighted by molar-refractivity contribution is 7.98. The largest absolute Gasteiger partial charge is 0.301 e. The molecule has 2 heteroatoms. The molecule has 0 radical (unpaired) electrons. The molecule has 1 nitrogen and oxygen atoms in total. The summed E-state index contributed by atoms with van der Waals surface area (Å²) in [4.78, 5) is 0. The van der Waals surface area contributed by atoms with E-state index >= 15 is 0 Å². The van der Waals surface area contributed by atoms with Gasteiger partial charge in [-0.2, -0.15) is 11.8 Å². The molecule has 0 amide bonds. The number of hydrogen-bond acceptors (Lipinski definition) is 2. The highest BCUT2D eigenvalue weighted by atomic mass is 32.2. The Labute approximate surface area is 68.0 Å². The van der Waals surface area contributed by atoms with Gasteiger partial charge >= 0.3 is 0 Å². The maximum Gasteiger partial charge on any atom is 0.0741 e. The van der Waals surface area contributed by atoms with Crippen molar-refractivity contribution in [3.8, 4) is 12.3 Å². The Morgan fingerprint density at radius 1 is 1.60 bits per heavy atom. The van der Waals surface area contributed by atoms with Crippen molar-refractivity contribution in [2.24, 2.45) is 0 Å². The van der Waals surface area contributed by atoms with Crippen molar-refractivity contribution in [2.45, 2.75) is 19.4 Å². The smallest absolute Gasteiger partial charge is 0.0741 e. The van der Waals surface area contributed by atoms with Gasteiger partial charge in [-0.15, -0.1) is 6.42 Å². The Balaban J connectivity index is 3.40.